The van der Waals surface area contributed by atoms with Crippen LogP contribution in [0, 0.1) is 11.6 Å². The quantitative estimate of drug-likeness (QED) is 0.299. The molecule has 39 heavy (non-hydrogen) atoms. The number of nitrogens with one attached hydrogen (secondary N) is 1. The van der Waals surface area contributed by atoms with Gasteiger partial charge in [-0.05, 0) is 36.4 Å². The van der Waals surface area contributed by atoms with Gasteiger partial charge in [0.05, 0.1) is 12.7 Å². The number of nitrogens with zero attached hydrogens (tertiary/aromatic N) is 3. The van der Waals surface area contributed by atoms with E-state index in [1.807, 2.05) is 0 Å². The maximum atomic E-state index is 15.1. The second-order valence-corrected chi connectivity index (χ2v) is 7.94. The molecule has 0 bridgehead atoms. The zero-order valence-corrected chi connectivity index (χ0v) is 20.1. The predicted molar refractivity (Wildman–Crippen MR) is 127 cm³/mol. The van der Waals surface area contributed by atoms with Crippen LogP contribution in [-0.2, 0) is 7.05 Å². The van der Waals surface area contributed by atoms with Gasteiger partial charge in [-0.1, -0.05) is 0 Å². The molecule has 2 aromatic heterocycles. The maximum Gasteiger partial charge on any atom is 0.387 e. The maximum absolute atomic E-state index is 15.1. The Balaban J connectivity index is 1.88. The number of ether oxygens (including phenoxy) is 2. The summed E-state index contributed by atoms with van der Waals surface area (Å²) >= 11 is 0. The van der Waals surface area contributed by atoms with Gasteiger partial charge in [0.15, 0.2) is 5.82 Å². The Morgan fingerprint density at radius 1 is 0.974 bits per heavy atom. The number of carbonyl (C=O) groups is 1. The van der Waals surface area contributed by atoms with Gasteiger partial charge >= 0.3 is 6.61 Å². The fourth-order valence-corrected chi connectivity index (χ4v) is 3.82. The van der Waals surface area contributed by atoms with Crippen molar-refractivity contribution in [3.63, 3.8) is 0 Å². The van der Waals surface area contributed by atoms with E-state index in [2.05, 4.69) is 15.0 Å². The van der Waals surface area contributed by atoms with Crippen LogP contribution in [0.3, 0.4) is 0 Å². The van der Waals surface area contributed by atoms with E-state index in [0.717, 1.165) is 64.1 Å². The van der Waals surface area contributed by atoms with Gasteiger partial charge in [-0.2, -0.15) is 13.5 Å². The highest BCUT2D eigenvalue weighted by atomic mass is 19.3. The molecule has 2 aromatic carbocycles. The number of hydrogen-bond donors (Lipinski definition) is 1. The third kappa shape index (κ3) is 5.44. The third-order valence-corrected chi connectivity index (χ3v) is 5.57. The van der Waals surface area contributed by atoms with Gasteiger partial charge in [-0.3, -0.25) is 14.3 Å². The molecule has 8 nitrogen and oxygen atoms in total. The van der Waals surface area contributed by atoms with Crippen LogP contribution < -0.4 is 20.3 Å². The fraction of sp³-hybridized carbons (Fsp3) is 0.160. The van der Waals surface area contributed by atoms with E-state index in [-0.39, 0.29) is 22.9 Å². The Kier molecular flexibility index (Phi) is 7.65. The topological polar surface area (TPSA) is 87.4 Å². The standard InChI is InChI=1S/C25H18F6N4O4/c1-34-21(19-16(26)10-15(38-2)11-17(19)27)20(24(37)35(34)18-9-13(22(28)29)7-8-32-18)33-23(36)12-3-5-14(6-4-12)39-25(30)31/h3-11,22,25H,1-2H3,(H,33,36). The van der Waals surface area contributed by atoms with Gasteiger partial charge < -0.3 is 14.8 Å². The Morgan fingerprint density at radius 2 is 1.62 bits per heavy atom. The van der Waals surface area contributed by atoms with E-state index in [0.29, 0.717) is 0 Å². The van der Waals surface area contributed by atoms with Gasteiger partial charge in [0.2, 0.25) is 0 Å². The molecule has 1 N–H and O–H groups in total. The lowest BCUT2D eigenvalue weighted by Gasteiger charge is -2.13. The molecule has 0 aliphatic rings. The molecule has 0 aliphatic carbocycles. The summed E-state index contributed by atoms with van der Waals surface area (Å²) in [6.07, 6.45) is -1.89. The molecule has 0 saturated carbocycles. The SMILES string of the molecule is COc1cc(F)c(-c2c(NC(=O)c3ccc(OC(F)F)cc3)c(=O)n(-c3cc(C(F)F)ccn3)n2C)c(F)c1. The second kappa shape index (κ2) is 10.9. The fourth-order valence-electron chi connectivity index (χ4n) is 3.82. The Bertz CT molecular complexity index is 1560. The highest BCUT2D eigenvalue weighted by Gasteiger charge is 2.28. The smallest absolute Gasteiger partial charge is 0.387 e. The van der Waals surface area contributed by atoms with E-state index < -0.39 is 58.6 Å². The monoisotopic (exact) mass is 552 g/mol. The zero-order chi connectivity index (χ0) is 28.4. The molecule has 2 heterocycles. The zero-order valence-electron chi connectivity index (χ0n) is 20.1. The van der Waals surface area contributed by atoms with Crippen molar-refractivity contribution in [1.29, 1.82) is 0 Å². The number of pyridine rings is 1. The van der Waals surface area contributed by atoms with Crippen LogP contribution >= 0.6 is 0 Å². The number of halogens is 6. The van der Waals surface area contributed by atoms with Gasteiger partial charge in [0.1, 0.15) is 34.5 Å². The molecule has 0 spiro atoms. The van der Waals surface area contributed by atoms with Crippen molar-refractivity contribution in [2.24, 2.45) is 7.05 Å². The number of methoxy groups -OCH3 is 1. The second-order valence-electron chi connectivity index (χ2n) is 7.94. The number of hydrogen-bond acceptors (Lipinski definition) is 5. The molecular formula is C25H18F6N4O4. The summed E-state index contributed by atoms with van der Waals surface area (Å²) in [5, 5.41) is 2.28. The lowest BCUT2D eigenvalue weighted by atomic mass is 10.1. The summed E-state index contributed by atoms with van der Waals surface area (Å²) in [5.74, 6) is -3.98. The average Bonchev–Trinajstić information content (AvgIpc) is 3.12. The Labute approximate surface area is 216 Å². The van der Waals surface area contributed by atoms with Crippen molar-refractivity contribution in [2.75, 3.05) is 12.4 Å². The van der Waals surface area contributed by atoms with Crippen LogP contribution in [0.1, 0.15) is 22.3 Å². The number of rotatable bonds is 8. The van der Waals surface area contributed by atoms with Crippen LogP contribution in [-0.4, -0.2) is 34.0 Å². The molecular weight excluding hydrogens is 534 g/mol. The van der Waals surface area contributed by atoms with Crippen molar-refractivity contribution < 1.29 is 40.6 Å². The van der Waals surface area contributed by atoms with Crippen molar-refractivity contribution in [2.45, 2.75) is 13.0 Å². The van der Waals surface area contributed by atoms with Crippen LogP contribution in [0.5, 0.6) is 11.5 Å². The summed E-state index contributed by atoms with van der Waals surface area (Å²) in [6, 6.07) is 8.03. The van der Waals surface area contributed by atoms with Crippen molar-refractivity contribution in [3.05, 3.63) is 87.8 Å². The molecule has 0 saturated heterocycles. The minimum absolute atomic E-state index is 0.120. The first kappa shape index (κ1) is 27.3. The minimum atomic E-state index is -3.10. The third-order valence-electron chi connectivity index (χ3n) is 5.57. The average molecular weight is 552 g/mol. The molecule has 0 aliphatic heterocycles. The number of aromatic nitrogens is 3. The first-order chi connectivity index (χ1) is 18.5. The molecule has 4 aromatic rings. The summed E-state index contributed by atoms with van der Waals surface area (Å²) in [5.41, 5.74) is -3.43. The first-order valence-electron chi connectivity index (χ1n) is 11.0. The van der Waals surface area contributed by atoms with E-state index in [1.165, 1.54) is 14.2 Å². The van der Waals surface area contributed by atoms with Crippen LogP contribution in [0.4, 0.5) is 32.0 Å². The van der Waals surface area contributed by atoms with Gasteiger partial charge in [0, 0.05) is 36.5 Å². The number of amides is 1. The number of carbonyl (C=O) groups excluding carboxylic acids is 1. The molecule has 1 amide bonds. The van der Waals surface area contributed by atoms with E-state index in [1.54, 1.807) is 0 Å². The number of benzene rings is 2. The summed E-state index contributed by atoms with van der Waals surface area (Å²) in [4.78, 5) is 30.4. The lowest BCUT2D eigenvalue weighted by Crippen LogP contribution is -2.23. The molecule has 14 heteroatoms. The van der Waals surface area contributed by atoms with Crippen molar-refractivity contribution >= 4 is 11.6 Å². The summed E-state index contributed by atoms with van der Waals surface area (Å²) < 4.78 is 92.5. The van der Waals surface area contributed by atoms with Crippen LogP contribution in [0.2, 0.25) is 0 Å². The Hall–Kier alpha value is -4.75. The molecule has 0 atom stereocenters. The molecule has 0 unspecified atom stereocenters. The molecule has 0 fully saturated rings. The largest absolute Gasteiger partial charge is 0.497 e. The molecule has 204 valence electrons. The van der Waals surface area contributed by atoms with Crippen molar-refractivity contribution in [1.82, 2.24) is 14.3 Å². The van der Waals surface area contributed by atoms with E-state index in [9.17, 15) is 27.2 Å². The lowest BCUT2D eigenvalue weighted by molar-refractivity contribution is -0.0498. The Morgan fingerprint density at radius 3 is 2.18 bits per heavy atom. The van der Waals surface area contributed by atoms with Crippen molar-refractivity contribution in [3.8, 4) is 28.6 Å². The van der Waals surface area contributed by atoms with Crippen LogP contribution in [0.25, 0.3) is 17.1 Å². The van der Waals surface area contributed by atoms with Gasteiger partial charge in [-0.15, -0.1) is 0 Å². The normalized spacial score (nSPS) is 11.2. The van der Waals surface area contributed by atoms with E-state index in [4.69, 9.17) is 4.74 Å². The highest BCUT2D eigenvalue weighted by Crippen LogP contribution is 2.34. The van der Waals surface area contributed by atoms with Gasteiger partial charge in [0.25, 0.3) is 17.9 Å². The summed E-state index contributed by atoms with van der Waals surface area (Å²) in [6.45, 7) is -3.10. The van der Waals surface area contributed by atoms with E-state index >= 15 is 8.78 Å². The highest BCUT2D eigenvalue weighted by molar-refractivity contribution is 6.06. The summed E-state index contributed by atoms with van der Waals surface area (Å²) in [7, 11) is 2.40. The molecule has 4 rings (SSSR count). The number of anilines is 1. The minimum Gasteiger partial charge on any atom is -0.497 e. The molecule has 0 radical (unpaired) electrons. The van der Waals surface area contributed by atoms with Gasteiger partial charge in [-0.25, -0.2) is 22.5 Å². The predicted octanol–water partition coefficient (Wildman–Crippen LogP) is 5.32. The first-order valence-corrected chi connectivity index (χ1v) is 11.0. The van der Waals surface area contributed by atoms with Crippen LogP contribution in [0.15, 0.2) is 59.5 Å². The number of alkyl halides is 4.